The molecule has 2 atom stereocenters. The Kier molecular flexibility index (Phi) is 5.54. The minimum absolute atomic E-state index is 0.0758. The van der Waals surface area contributed by atoms with Crippen molar-refractivity contribution >= 4 is 11.9 Å². The van der Waals surface area contributed by atoms with E-state index in [1.54, 1.807) is 38.7 Å². The molecule has 0 radical (unpaired) electrons. The molecule has 8 nitrogen and oxygen atoms in total. The number of nitrogens with zero attached hydrogens (tertiary/aromatic N) is 4. The molecule has 8 heteroatoms. The van der Waals surface area contributed by atoms with Crippen LogP contribution in [0, 0.1) is 5.92 Å². The van der Waals surface area contributed by atoms with Gasteiger partial charge in [0.15, 0.2) is 17.3 Å². The summed E-state index contributed by atoms with van der Waals surface area (Å²) >= 11 is 0. The molecule has 0 unspecified atom stereocenters. The van der Waals surface area contributed by atoms with Crippen LogP contribution in [0.5, 0.6) is 11.5 Å². The van der Waals surface area contributed by atoms with Crippen LogP contribution in [-0.2, 0) is 5.54 Å². The van der Waals surface area contributed by atoms with Gasteiger partial charge in [0.1, 0.15) is 0 Å². The summed E-state index contributed by atoms with van der Waals surface area (Å²) in [7, 11) is 3.18. The summed E-state index contributed by atoms with van der Waals surface area (Å²) in [6, 6.07) is 9.18. The lowest BCUT2D eigenvalue weighted by Gasteiger charge is -2.55. The van der Waals surface area contributed by atoms with Crippen molar-refractivity contribution in [1.82, 2.24) is 14.8 Å². The van der Waals surface area contributed by atoms with Crippen molar-refractivity contribution in [2.24, 2.45) is 5.92 Å². The van der Waals surface area contributed by atoms with E-state index in [2.05, 4.69) is 4.68 Å². The Morgan fingerprint density at radius 3 is 2.57 bits per heavy atom. The van der Waals surface area contributed by atoms with Gasteiger partial charge in [0.2, 0.25) is 11.8 Å². The van der Waals surface area contributed by atoms with E-state index in [0.717, 1.165) is 32.1 Å². The second-order valence-corrected chi connectivity index (χ2v) is 9.99. The summed E-state index contributed by atoms with van der Waals surface area (Å²) < 4.78 is 18.6. The zero-order valence-electron chi connectivity index (χ0n) is 20.4. The van der Waals surface area contributed by atoms with Gasteiger partial charge in [-0.3, -0.25) is 9.69 Å². The van der Waals surface area contributed by atoms with Crippen LogP contribution in [0.15, 0.2) is 41.0 Å². The third-order valence-electron chi connectivity index (χ3n) is 8.29. The molecule has 2 fully saturated rings. The number of methoxy groups -OCH3 is 2. The molecule has 0 N–H and O–H groups in total. The highest BCUT2D eigenvalue weighted by molar-refractivity contribution is 6.06. The van der Waals surface area contributed by atoms with E-state index < -0.39 is 0 Å². The highest BCUT2D eigenvalue weighted by atomic mass is 16.5. The number of benzene rings is 1. The highest BCUT2D eigenvalue weighted by Crippen LogP contribution is 2.53. The minimum atomic E-state index is -0.0924. The Morgan fingerprint density at radius 1 is 1.03 bits per heavy atom. The monoisotopic (exact) mass is 476 g/mol. The van der Waals surface area contributed by atoms with E-state index in [9.17, 15) is 4.79 Å². The summed E-state index contributed by atoms with van der Waals surface area (Å²) in [5, 5.41) is 5.02. The van der Waals surface area contributed by atoms with E-state index in [1.807, 2.05) is 17.0 Å². The van der Waals surface area contributed by atoms with Crippen molar-refractivity contribution in [1.29, 1.82) is 0 Å². The maximum atomic E-state index is 14.2. The number of carbonyl (C=O) groups is 1. The van der Waals surface area contributed by atoms with Crippen LogP contribution in [0.2, 0.25) is 0 Å². The van der Waals surface area contributed by atoms with Crippen LogP contribution >= 0.6 is 0 Å². The topological polar surface area (TPSA) is 82.6 Å². The molecule has 1 aliphatic heterocycles. The maximum Gasteiger partial charge on any atom is 0.261 e. The quantitative estimate of drug-likeness (QED) is 0.499. The predicted octanol–water partition coefficient (Wildman–Crippen LogP) is 5.43. The second kappa shape index (κ2) is 8.73. The van der Waals surface area contributed by atoms with Crippen LogP contribution in [0.4, 0.5) is 5.95 Å². The van der Waals surface area contributed by atoms with E-state index in [1.165, 1.54) is 25.7 Å². The molecule has 2 aromatic heterocycles. The Morgan fingerprint density at radius 2 is 1.83 bits per heavy atom. The van der Waals surface area contributed by atoms with Crippen molar-refractivity contribution in [3.05, 3.63) is 42.2 Å². The van der Waals surface area contributed by atoms with Gasteiger partial charge in [0, 0.05) is 17.5 Å². The standard InChI is InChI=1S/C27H32N4O4/c1-33-21-13-12-18(17-23(21)34-2)25(32)30-20-10-5-4-9-19(20)27(14-6-3-7-15-27)31-26(30)28-24(29-31)22-11-8-16-35-22/h8,11-13,16-17,19-20H,3-7,9-10,14-15H2,1-2H3/t19-,20+/m1/s1. The molecule has 3 aliphatic rings. The number of aromatic nitrogens is 3. The van der Waals surface area contributed by atoms with Crippen LogP contribution in [0.1, 0.15) is 68.1 Å². The SMILES string of the molecule is COc1ccc(C(=O)N2c3nc(-c4ccco4)nn3C3(CCCCC3)[C@@H]3CCCC[C@@H]32)cc1OC. The van der Waals surface area contributed by atoms with Gasteiger partial charge in [0.25, 0.3) is 5.91 Å². The van der Waals surface area contributed by atoms with Gasteiger partial charge in [0.05, 0.1) is 26.0 Å². The largest absolute Gasteiger partial charge is 0.493 e. The number of amides is 1. The van der Waals surface area contributed by atoms with Gasteiger partial charge in [-0.05, 0) is 56.0 Å². The first-order chi connectivity index (χ1) is 17.2. The second-order valence-electron chi connectivity index (χ2n) is 9.99. The number of ether oxygens (including phenoxy) is 2. The molecule has 1 amide bonds. The van der Waals surface area contributed by atoms with Crippen molar-refractivity contribution in [2.45, 2.75) is 69.4 Å². The Hall–Kier alpha value is -3.29. The first kappa shape index (κ1) is 22.2. The Bertz CT molecular complexity index is 1210. The van der Waals surface area contributed by atoms with E-state index in [-0.39, 0.29) is 17.5 Å². The first-order valence-electron chi connectivity index (χ1n) is 12.7. The van der Waals surface area contributed by atoms with Crippen LogP contribution in [0.25, 0.3) is 11.6 Å². The van der Waals surface area contributed by atoms with Crippen molar-refractivity contribution in [3.8, 4) is 23.1 Å². The summed E-state index contributed by atoms with van der Waals surface area (Å²) in [4.78, 5) is 21.0. The molecule has 0 bridgehead atoms. The average molecular weight is 477 g/mol. The summed E-state index contributed by atoms with van der Waals surface area (Å²) in [5.74, 6) is 3.23. The van der Waals surface area contributed by atoms with Crippen molar-refractivity contribution in [3.63, 3.8) is 0 Å². The normalized spacial score (nSPS) is 23.0. The zero-order chi connectivity index (χ0) is 24.0. The molecule has 184 valence electrons. The number of anilines is 1. The lowest BCUT2D eigenvalue weighted by molar-refractivity contribution is 0.0314. The zero-order valence-corrected chi connectivity index (χ0v) is 20.4. The number of fused-ring (bicyclic) bond motifs is 4. The van der Waals surface area contributed by atoms with Crippen molar-refractivity contribution in [2.75, 3.05) is 19.1 Å². The van der Waals surface area contributed by atoms with Gasteiger partial charge < -0.3 is 13.9 Å². The number of carbonyl (C=O) groups excluding carboxylic acids is 1. The number of hydrogen-bond donors (Lipinski definition) is 0. The van der Waals surface area contributed by atoms with E-state index in [0.29, 0.717) is 40.5 Å². The Labute approximate surface area is 205 Å². The number of rotatable bonds is 4. The molecule has 2 saturated carbocycles. The number of furan rings is 1. The number of hydrogen-bond acceptors (Lipinski definition) is 6. The van der Waals surface area contributed by atoms with Crippen LogP contribution in [0.3, 0.4) is 0 Å². The molecule has 35 heavy (non-hydrogen) atoms. The highest BCUT2D eigenvalue weighted by Gasteiger charge is 2.55. The fourth-order valence-electron chi connectivity index (χ4n) is 6.72. The van der Waals surface area contributed by atoms with Crippen LogP contribution < -0.4 is 14.4 Å². The Balaban J connectivity index is 1.51. The smallest absolute Gasteiger partial charge is 0.261 e. The van der Waals surface area contributed by atoms with E-state index in [4.69, 9.17) is 24.0 Å². The maximum absolute atomic E-state index is 14.2. The molecule has 3 heterocycles. The third-order valence-corrected chi connectivity index (χ3v) is 8.29. The van der Waals surface area contributed by atoms with Gasteiger partial charge in [-0.15, -0.1) is 5.10 Å². The molecule has 2 aliphatic carbocycles. The van der Waals surface area contributed by atoms with Gasteiger partial charge in [-0.2, -0.15) is 4.98 Å². The van der Waals surface area contributed by atoms with Gasteiger partial charge in [-0.1, -0.05) is 32.1 Å². The molecule has 6 rings (SSSR count). The average Bonchev–Trinajstić information content (AvgIpc) is 3.60. The van der Waals surface area contributed by atoms with Crippen molar-refractivity contribution < 1.29 is 18.7 Å². The fraction of sp³-hybridized carbons (Fsp3) is 0.519. The first-order valence-corrected chi connectivity index (χ1v) is 12.7. The summed E-state index contributed by atoms with van der Waals surface area (Å²) in [6.07, 6.45) is 11.8. The molecule has 3 aromatic rings. The summed E-state index contributed by atoms with van der Waals surface area (Å²) in [5.41, 5.74) is 0.464. The van der Waals surface area contributed by atoms with E-state index >= 15 is 0 Å². The fourth-order valence-corrected chi connectivity index (χ4v) is 6.72. The van der Waals surface area contributed by atoms with Gasteiger partial charge >= 0.3 is 0 Å². The summed E-state index contributed by atoms with van der Waals surface area (Å²) in [6.45, 7) is 0. The molecular formula is C27H32N4O4. The predicted molar refractivity (Wildman–Crippen MR) is 131 cm³/mol. The van der Waals surface area contributed by atoms with Gasteiger partial charge in [-0.25, -0.2) is 4.68 Å². The lowest BCUT2D eigenvalue weighted by Crippen LogP contribution is -2.61. The molecule has 0 saturated heterocycles. The molecular weight excluding hydrogens is 444 g/mol. The lowest BCUT2D eigenvalue weighted by atomic mass is 9.64. The molecule has 1 aromatic carbocycles. The van der Waals surface area contributed by atoms with Crippen LogP contribution in [-0.4, -0.2) is 40.9 Å². The molecule has 1 spiro atoms. The third kappa shape index (κ3) is 3.45. The minimum Gasteiger partial charge on any atom is -0.493 e.